The highest BCUT2D eigenvalue weighted by atomic mass is 16.3. The zero-order valence-corrected chi connectivity index (χ0v) is 9.16. The Balaban J connectivity index is 2.19. The first-order chi connectivity index (χ1) is 7.31. The number of aliphatic hydroxyl groups excluding tert-OH is 1. The van der Waals surface area contributed by atoms with Gasteiger partial charge in [-0.15, -0.1) is 0 Å². The number of aromatic nitrogens is 1. The molecule has 0 saturated carbocycles. The van der Waals surface area contributed by atoms with E-state index in [2.05, 4.69) is 17.2 Å². The van der Waals surface area contributed by atoms with Gasteiger partial charge in [0.25, 0.3) is 0 Å². The molecule has 1 saturated heterocycles. The van der Waals surface area contributed by atoms with E-state index in [4.69, 9.17) is 5.11 Å². The Hall–Kier alpha value is -0.930. The number of hydrogen-bond donors (Lipinski definition) is 2. The Morgan fingerprint density at radius 3 is 2.80 bits per heavy atom. The summed E-state index contributed by atoms with van der Waals surface area (Å²) in [6.07, 6.45) is 4.14. The van der Waals surface area contributed by atoms with Crippen molar-refractivity contribution < 1.29 is 5.11 Å². The maximum absolute atomic E-state index is 9.01. The highest BCUT2D eigenvalue weighted by Gasteiger charge is 2.18. The summed E-state index contributed by atoms with van der Waals surface area (Å²) in [5.41, 5.74) is 3.34. The Morgan fingerprint density at radius 2 is 2.20 bits per heavy atom. The van der Waals surface area contributed by atoms with E-state index < -0.39 is 0 Å². The maximum Gasteiger partial charge on any atom is 0.0696 e. The number of aryl methyl sites for hydroxylation is 1. The average Bonchev–Trinajstić information content (AvgIpc) is 2.30. The van der Waals surface area contributed by atoms with E-state index in [1.54, 1.807) is 6.20 Å². The number of pyridine rings is 1. The predicted octanol–water partition coefficient (Wildman–Crippen LogP) is 1.35. The van der Waals surface area contributed by atoms with E-state index in [9.17, 15) is 0 Å². The fourth-order valence-electron chi connectivity index (χ4n) is 2.25. The smallest absolute Gasteiger partial charge is 0.0696 e. The molecule has 0 radical (unpaired) electrons. The molecule has 1 aliphatic rings. The summed E-state index contributed by atoms with van der Waals surface area (Å²) in [7, 11) is 0. The average molecular weight is 206 g/mol. The molecule has 0 spiro atoms. The van der Waals surface area contributed by atoms with Gasteiger partial charge in [0.2, 0.25) is 0 Å². The molecule has 1 fully saturated rings. The van der Waals surface area contributed by atoms with Crippen LogP contribution in [0.15, 0.2) is 12.3 Å². The molecule has 1 aromatic heterocycles. The largest absolute Gasteiger partial charge is 0.392 e. The molecule has 0 unspecified atom stereocenters. The summed E-state index contributed by atoms with van der Waals surface area (Å²) in [4.78, 5) is 4.48. The van der Waals surface area contributed by atoms with Crippen LogP contribution in [0.5, 0.6) is 0 Å². The molecule has 1 aliphatic heterocycles. The Labute approximate surface area is 90.5 Å². The Bertz CT molecular complexity index is 332. The van der Waals surface area contributed by atoms with Crippen molar-refractivity contribution in [2.75, 3.05) is 13.1 Å². The zero-order valence-electron chi connectivity index (χ0n) is 9.16. The van der Waals surface area contributed by atoms with Crippen LogP contribution in [0.2, 0.25) is 0 Å². The van der Waals surface area contributed by atoms with Crippen LogP contribution in [0.4, 0.5) is 0 Å². The van der Waals surface area contributed by atoms with E-state index in [1.807, 2.05) is 6.07 Å². The van der Waals surface area contributed by atoms with Crippen molar-refractivity contribution in [2.45, 2.75) is 32.3 Å². The summed E-state index contributed by atoms with van der Waals surface area (Å²) in [5, 5.41) is 12.4. The maximum atomic E-state index is 9.01. The molecule has 0 bridgehead atoms. The second-order valence-electron chi connectivity index (χ2n) is 4.23. The third-order valence-corrected chi connectivity index (χ3v) is 3.08. The van der Waals surface area contributed by atoms with Gasteiger partial charge in [-0.25, -0.2) is 0 Å². The fraction of sp³-hybridized carbons (Fsp3) is 0.583. The summed E-state index contributed by atoms with van der Waals surface area (Å²) < 4.78 is 0. The molecule has 0 aromatic carbocycles. The van der Waals surface area contributed by atoms with E-state index in [1.165, 1.54) is 24.1 Å². The molecule has 0 amide bonds. The molecule has 2 N–H and O–H groups in total. The normalized spacial score (nSPS) is 18.0. The molecule has 3 heteroatoms. The first kappa shape index (κ1) is 10.6. The van der Waals surface area contributed by atoms with Crippen LogP contribution in [0.1, 0.15) is 35.6 Å². The minimum absolute atomic E-state index is 0.0837. The molecular formula is C12H18N2O. The van der Waals surface area contributed by atoms with Gasteiger partial charge in [0, 0.05) is 17.8 Å². The second kappa shape index (κ2) is 4.73. The fourth-order valence-corrected chi connectivity index (χ4v) is 2.25. The van der Waals surface area contributed by atoms with E-state index in [0.29, 0.717) is 5.92 Å². The monoisotopic (exact) mass is 206 g/mol. The van der Waals surface area contributed by atoms with E-state index in [-0.39, 0.29) is 6.61 Å². The van der Waals surface area contributed by atoms with Gasteiger partial charge in [0.05, 0.1) is 6.61 Å². The lowest BCUT2D eigenvalue weighted by Gasteiger charge is -2.23. The molecular weight excluding hydrogens is 188 g/mol. The van der Waals surface area contributed by atoms with Crippen LogP contribution in [-0.2, 0) is 6.61 Å². The number of nitrogens with zero attached hydrogens (tertiary/aromatic N) is 1. The van der Waals surface area contributed by atoms with Crippen LogP contribution in [0, 0.1) is 6.92 Å². The quantitative estimate of drug-likeness (QED) is 0.767. The number of piperidine rings is 1. The molecule has 3 nitrogen and oxygen atoms in total. The SMILES string of the molecule is Cc1cc(CO)cnc1C1CCNCC1. The van der Waals surface area contributed by atoms with Gasteiger partial charge in [-0.3, -0.25) is 4.98 Å². The first-order valence-corrected chi connectivity index (χ1v) is 5.58. The van der Waals surface area contributed by atoms with Gasteiger partial charge >= 0.3 is 0 Å². The minimum Gasteiger partial charge on any atom is -0.392 e. The van der Waals surface area contributed by atoms with Gasteiger partial charge in [0.1, 0.15) is 0 Å². The zero-order chi connectivity index (χ0) is 10.7. The summed E-state index contributed by atoms with van der Waals surface area (Å²) in [5.74, 6) is 0.596. The van der Waals surface area contributed by atoms with Crippen molar-refractivity contribution in [3.63, 3.8) is 0 Å². The summed E-state index contributed by atoms with van der Waals surface area (Å²) >= 11 is 0. The Morgan fingerprint density at radius 1 is 1.47 bits per heavy atom. The first-order valence-electron chi connectivity index (χ1n) is 5.58. The number of nitrogens with one attached hydrogen (secondary N) is 1. The Kier molecular flexibility index (Phi) is 3.34. The van der Waals surface area contributed by atoms with Crippen LogP contribution >= 0.6 is 0 Å². The van der Waals surface area contributed by atoms with E-state index >= 15 is 0 Å². The minimum atomic E-state index is 0.0837. The lowest BCUT2D eigenvalue weighted by Crippen LogP contribution is -2.27. The van der Waals surface area contributed by atoms with Crippen molar-refractivity contribution in [1.82, 2.24) is 10.3 Å². The standard InChI is InChI=1S/C12H18N2O/c1-9-6-10(8-15)7-14-12(9)11-2-4-13-5-3-11/h6-7,11,13,15H,2-5,8H2,1H3. The number of hydrogen-bond acceptors (Lipinski definition) is 3. The van der Waals surface area contributed by atoms with Crippen molar-refractivity contribution in [2.24, 2.45) is 0 Å². The van der Waals surface area contributed by atoms with Gasteiger partial charge in [-0.1, -0.05) is 6.07 Å². The van der Waals surface area contributed by atoms with Crippen molar-refractivity contribution in [3.05, 3.63) is 29.1 Å². The molecule has 2 rings (SSSR count). The highest BCUT2D eigenvalue weighted by Crippen LogP contribution is 2.26. The van der Waals surface area contributed by atoms with Crippen LogP contribution < -0.4 is 5.32 Å². The predicted molar refractivity (Wildman–Crippen MR) is 59.7 cm³/mol. The van der Waals surface area contributed by atoms with Crippen LogP contribution in [0.3, 0.4) is 0 Å². The molecule has 82 valence electrons. The topological polar surface area (TPSA) is 45.2 Å². The van der Waals surface area contributed by atoms with E-state index in [0.717, 1.165) is 18.7 Å². The van der Waals surface area contributed by atoms with Crippen molar-refractivity contribution >= 4 is 0 Å². The summed E-state index contributed by atoms with van der Waals surface area (Å²) in [6.45, 7) is 4.35. The van der Waals surface area contributed by atoms with Crippen LogP contribution in [-0.4, -0.2) is 23.2 Å². The lowest BCUT2D eigenvalue weighted by molar-refractivity contribution is 0.281. The number of rotatable bonds is 2. The van der Waals surface area contributed by atoms with Crippen LogP contribution in [0.25, 0.3) is 0 Å². The van der Waals surface area contributed by atoms with Crippen molar-refractivity contribution in [1.29, 1.82) is 0 Å². The third-order valence-electron chi connectivity index (χ3n) is 3.08. The number of aliphatic hydroxyl groups is 1. The van der Waals surface area contributed by atoms with Gasteiger partial charge < -0.3 is 10.4 Å². The van der Waals surface area contributed by atoms with Crippen molar-refractivity contribution in [3.8, 4) is 0 Å². The molecule has 1 aromatic rings. The van der Waals surface area contributed by atoms with Gasteiger partial charge in [0.15, 0.2) is 0 Å². The highest BCUT2D eigenvalue weighted by molar-refractivity contribution is 5.26. The molecule has 0 aliphatic carbocycles. The molecule has 2 heterocycles. The van der Waals surface area contributed by atoms with Gasteiger partial charge in [-0.2, -0.15) is 0 Å². The molecule has 0 atom stereocenters. The van der Waals surface area contributed by atoms with Gasteiger partial charge in [-0.05, 0) is 44.0 Å². The third kappa shape index (κ3) is 2.36. The second-order valence-corrected chi connectivity index (χ2v) is 4.23. The summed E-state index contributed by atoms with van der Waals surface area (Å²) in [6, 6.07) is 2.05. The lowest BCUT2D eigenvalue weighted by atomic mass is 9.91. The molecule has 15 heavy (non-hydrogen) atoms.